The number of nitrogens with one attached hydrogen (secondary N) is 1. The molecule has 2 aromatic rings. The number of hydrogen-bond acceptors (Lipinski definition) is 4. The molecule has 2 fully saturated rings. The maximum absolute atomic E-state index is 13.0. The lowest BCUT2D eigenvalue weighted by atomic mass is 10.1. The average Bonchev–Trinajstić information content (AvgIpc) is 3.35. The topological polar surface area (TPSA) is 61.5 Å². The molecule has 0 unspecified atom stereocenters. The summed E-state index contributed by atoms with van der Waals surface area (Å²) in [6.07, 6.45) is 5.90. The van der Waals surface area contributed by atoms with Crippen LogP contribution in [0.1, 0.15) is 24.8 Å². The Morgan fingerprint density at radius 3 is 3.00 bits per heavy atom. The standard InChI is InChI=1S/C19H26N4O2/c1-25-17-10-16(12-22-6-2-3-7-22)23(13-17)19(24)9-14-4-5-18-15(8-14)11-20-21-18/h4-5,8,11,16-17H,2-3,6-7,9-10,12-13H2,1H3,(H,20,21)/t16-,17-/m0/s1. The summed E-state index contributed by atoms with van der Waals surface area (Å²) >= 11 is 0. The molecule has 1 aromatic carbocycles. The quantitative estimate of drug-likeness (QED) is 0.900. The minimum Gasteiger partial charge on any atom is -0.380 e. The van der Waals surface area contributed by atoms with Gasteiger partial charge in [0.05, 0.1) is 24.2 Å². The van der Waals surface area contributed by atoms with Crippen LogP contribution < -0.4 is 0 Å². The third kappa shape index (κ3) is 3.55. The maximum atomic E-state index is 13.0. The van der Waals surface area contributed by atoms with Crippen molar-refractivity contribution < 1.29 is 9.53 Å². The Hall–Kier alpha value is -1.92. The van der Waals surface area contributed by atoms with Gasteiger partial charge < -0.3 is 14.5 Å². The predicted molar refractivity (Wildman–Crippen MR) is 96.4 cm³/mol. The van der Waals surface area contributed by atoms with Crippen LogP contribution in [-0.2, 0) is 16.0 Å². The molecule has 6 nitrogen and oxygen atoms in total. The van der Waals surface area contributed by atoms with Gasteiger partial charge in [-0.2, -0.15) is 5.10 Å². The molecular weight excluding hydrogens is 316 g/mol. The number of ether oxygens (including phenoxy) is 1. The van der Waals surface area contributed by atoms with Crippen LogP contribution in [0.15, 0.2) is 24.4 Å². The normalized spacial score (nSPS) is 24.4. The van der Waals surface area contributed by atoms with E-state index in [1.54, 1.807) is 13.3 Å². The van der Waals surface area contributed by atoms with Crippen LogP contribution in [0.25, 0.3) is 10.9 Å². The molecule has 0 radical (unpaired) electrons. The summed E-state index contributed by atoms with van der Waals surface area (Å²) < 4.78 is 5.56. The third-order valence-electron chi connectivity index (χ3n) is 5.56. The smallest absolute Gasteiger partial charge is 0.227 e. The van der Waals surface area contributed by atoms with Gasteiger partial charge in [-0.1, -0.05) is 6.07 Å². The molecule has 1 N–H and O–H groups in total. The van der Waals surface area contributed by atoms with E-state index in [2.05, 4.69) is 21.2 Å². The van der Waals surface area contributed by atoms with Gasteiger partial charge in [0.25, 0.3) is 0 Å². The van der Waals surface area contributed by atoms with Crippen LogP contribution in [0.4, 0.5) is 0 Å². The van der Waals surface area contributed by atoms with E-state index in [4.69, 9.17) is 4.74 Å². The number of amides is 1. The summed E-state index contributed by atoms with van der Waals surface area (Å²) in [4.78, 5) is 17.5. The molecule has 3 heterocycles. The molecule has 0 saturated carbocycles. The molecular formula is C19H26N4O2. The van der Waals surface area contributed by atoms with Crippen molar-refractivity contribution >= 4 is 16.8 Å². The Balaban J connectivity index is 1.45. The van der Waals surface area contributed by atoms with Gasteiger partial charge in [0.1, 0.15) is 0 Å². The first kappa shape index (κ1) is 16.5. The van der Waals surface area contributed by atoms with Crippen LogP contribution >= 0.6 is 0 Å². The lowest BCUT2D eigenvalue weighted by Crippen LogP contribution is -2.43. The van der Waals surface area contributed by atoms with Crippen molar-refractivity contribution in [2.75, 3.05) is 33.3 Å². The lowest BCUT2D eigenvalue weighted by Gasteiger charge is -2.28. The van der Waals surface area contributed by atoms with Gasteiger partial charge >= 0.3 is 0 Å². The number of nitrogens with zero attached hydrogens (tertiary/aromatic N) is 3. The largest absolute Gasteiger partial charge is 0.380 e. The third-order valence-corrected chi connectivity index (χ3v) is 5.56. The molecule has 1 aromatic heterocycles. The van der Waals surface area contributed by atoms with Gasteiger partial charge in [-0.15, -0.1) is 0 Å². The van der Waals surface area contributed by atoms with Gasteiger partial charge in [0.2, 0.25) is 5.91 Å². The molecule has 2 aliphatic heterocycles. The van der Waals surface area contributed by atoms with Crippen molar-refractivity contribution in [1.82, 2.24) is 20.0 Å². The Labute approximate surface area is 148 Å². The molecule has 134 valence electrons. The zero-order valence-corrected chi connectivity index (χ0v) is 14.8. The predicted octanol–water partition coefficient (Wildman–Crippen LogP) is 1.82. The van der Waals surface area contributed by atoms with E-state index in [-0.39, 0.29) is 18.1 Å². The first-order chi connectivity index (χ1) is 12.2. The zero-order valence-electron chi connectivity index (χ0n) is 14.8. The van der Waals surface area contributed by atoms with Gasteiger partial charge in [-0.05, 0) is 50.0 Å². The molecule has 0 bridgehead atoms. The van der Waals surface area contributed by atoms with E-state index in [0.29, 0.717) is 13.0 Å². The molecule has 1 amide bonds. The first-order valence-electron chi connectivity index (χ1n) is 9.19. The van der Waals surface area contributed by atoms with Crippen LogP contribution in [0.5, 0.6) is 0 Å². The molecule has 6 heteroatoms. The second-order valence-corrected chi connectivity index (χ2v) is 7.27. The number of carbonyl (C=O) groups is 1. The number of hydrogen-bond donors (Lipinski definition) is 1. The highest BCUT2D eigenvalue weighted by Crippen LogP contribution is 2.24. The molecule has 2 atom stereocenters. The minimum absolute atomic E-state index is 0.160. The summed E-state index contributed by atoms with van der Waals surface area (Å²) in [6, 6.07) is 6.33. The Morgan fingerprint density at radius 1 is 1.36 bits per heavy atom. The molecule has 2 saturated heterocycles. The second kappa shape index (κ2) is 7.14. The maximum Gasteiger partial charge on any atom is 0.227 e. The lowest BCUT2D eigenvalue weighted by molar-refractivity contribution is -0.131. The number of aromatic amines is 1. The van der Waals surface area contributed by atoms with Crippen LogP contribution in [0.3, 0.4) is 0 Å². The number of likely N-dealkylation sites (tertiary alicyclic amines) is 2. The average molecular weight is 342 g/mol. The fraction of sp³-hybridized carbons (Fsp3) is 0.579. The molecule has 25 heavy (non-hydrogen) atoms. The summed E-state index contributed by atoms with van der Waals surface area (Å²) in [5.74, 6) is 0.201. The van der Waals surface area contributed by atoms with Crippen LogP contribution in [0.2, 0.25) is 0 Å². The van der Waals surface area contributed by atoms with Crippen molar-refractivity contribution in [3.8, 4) is 0 Å². The fourth-order valence-corrected chi connectivity index (χ4v) is 4.16. The first-order valence-corrected chi connectivity index (χ1v) is 9.19. The van der Waals surface area contributed by atoms with E-state index in [1.807, 2.05) is 17.0 Å². The monoisotopic (exact) mass is 342 g/mol. The highest BCUT2D eigenvalue weighted by atomic mass is 16.5. The van der Waals surface area contributed by atoms with E-state index < -0.39 is 0 Å². The summed E-state index contributed by atoms with van der Waals surface area (Å²) in [5, 5.41) is 8.05. The molecule has 4 rings (SSSR count). The zero-order chi connectivity index (χ0) is 17.2. The second-order valence-electron chi connectivity index (χ2n) is 7.27. The van der Waals surface area contributed by atoms with E-state index in [1.165, 1.54) is 12.8 Å². The van der Waals surface area contributed by atoms with Crippen molar-refractivity contribution in [3.63, 3.8) is 0 Å². The number of H-pyrrole nitrogens is 1. The summed E-state index contributed by atoms with van der Waals surface area (Å²) in [5.41, 5.74) is 2.04. The highest BCUT2D eigenvalue weighted by Gasteiger charge is 2.36. The number of rotatable bonds is 5. The summed E-state index contributed by atoms with van der Waals surface area (Å²) in [6.45, 7) is 4.01. The van der Waals surface area contributed by atoms with E-state index in [0.717, 1.165) is 42.5 Å². The van der Waals surface area contributed by atoms with Gasteiger partial charge in [0.15, 0.2) is 0 Å². The van der Waals surface area contributed by atoms with Gasteiger partial charge in [-0.3, -0.25) is 9.89 Å². The number of methoxy groups -OCH3 is 1. The molecule has 0 aliphatic carbocycles. The summed E-state index contributed by atoms with van der Waals surface area (Å²) in [7, 11) is 1.75. The van der Waals surface area contributed by atoms with Gasteiger partial charge in [0, 0.05) is 31.6 Å². The number of aromatic nitrogens is 2. The van der Waals surface area contributed by atoms with Crippen molar-refractivity contribution in [2.45, 2.75) is 37.8 Å². The van der Waals surface area contributed by atoms with E-state index >= 15 is 0 Å². The molecule has 0 spiro atoms. The fourth-order valence-electron chi connectivity index (χ4n) is 4.16. The number of carbonyl (C=O) groups excluding carboxylic acids is 1. The Bertz CT molecular complexity index is 738. The Morgan fingerprint density at radius 2 is 2.20 bits per heavy atom. The highest BCUT2D eigenvalue weighted by molar-refractivity contribution is 5.83. The van der Waals surface area contributed by atoms with Crippen LogP contribution in [-0.4, -0.2) is 71.3 Å². The Kier molecular flexibility index (Phi) is 4.72. The molecule has 2 aliphatic rings. The van der Waals surface area contributed by atoms with Crippen molar-refractivity contribution in [3.05, 3.63) is 30.0 Å². The van der Waals surface area contributed by atoms with Crippen molar-refractivity contribution in [2.24, 2.45) is 0 Å². The van der Waals surface area contributed by atoms with Crippen molar-refractivity contribution in [1.29, 1.82) is 0 Å². The number of benzene rings is 1. The number of fused-ring (bicyclic) bond motifs is 1. The van der Waals surface area contributed by atoms with Gasteiger partial charge in [-0.25, -0.2) is 0 Å². The van der Waals surface area contributed by atoms with Crippen LogP contribution in [0, 0.1) is 0 Å². The van der Waals surface area contributed by atoms with E-state index in [9.17, 15) is 4.79 Å². The minimum atomic E-state index is 0.160. The SMILES string of the molecule is CO[C@H]1C[C@@H](CN2CCCC2)N(C(=O)Cc2ccc3[nH]ncc3c2)C1.